The summed E-state index contributed by atoms with van der Waals surface area (Å²) in [6, 6.07) is 20.5. The molecular formula is C25H24N2O5. The summed E-state index contributed by atoms with van der Waals surface area (Å²) in [5.74, 6) is 0.507. The quantitative estimate of drug-likeness (QED) is 0.539. The Morgan fingerprint density at radius 2 is 1.78 bits per heavy atom. The van der Waals surface area contributed by atoms with Crippen LogP contribution in [0.3, 0.4) is 0 Å². The van der Waals surface area contributed by atoms with E-state index in [1.807, 2.05) is 48.5 Å². The van der Waals surface area contributed by atoms with Gasteiger partial charge in [0, 0.05) is 24.9 Å². The number of nitrogens with zero attached hydrogens (tertiary/aromatic N) is 1. The fraction of sp³-hybridized carbons (Fsp3) is 0.240. The fourth-order valence-corrected chi connectivity index (χ4v) is 3.62. The van der Waals surface area contributed by atoms with Gasteiger partial charge in [-0.2, -0.15) is 0 Å². The zero-order valence-corrected chi connectivity index (χ0v) is 17.6. The number of para-hydroxylation sites is 2. The standard InChI is InChI=1S/C25H24N2O5/c28-23(26-20-9-4-5-10-21(20)27-16-6-11-24(27)29)17-31-25(30)15-13-19-12-14-22(32-19)18-7-2-1-3-8-18/h1-5,7-10,12,14H,6,11,13,15-17H2,(H,26,28). The highest BCUT2D eigenvalue weighted by Gasteiger charge is 2.24. The molecule has 0 unspecified atom stereocenters. The van der Waals surface area contributed by atoms with Crippen LogP contribution in [0.25, 0.3) is 11.3 Å². The number of amides is 2. The third-order valence-electron chi connectivity index (χ3n) is 5.20. The highest BCUT2D eigenvalue weighted by Crippen LogP contribution is 2.29. The van der Waals surface area contributed by atoms with Crippen LogP contribution in [0.1, 0.15) is 25.0 Å². The van der Waals surface area contributed by atoms with E-state index < -0.39 is 18.5 Å². The Kier molecular flexibility index (Phi) is 6.65. The van der Waals surface area contributed by atoms with Gasteiger partial charge < -0.3 is 19.4 Å². The molecule has 0 aliphatic carbocycles. The van der Waals surface area contributed by atoms with Crippen molar-refractivity contribution in [2.24, 2.45) is 0 Å². The van der Waals surface area contributed by atoms with Gasteiger partial charge in [0.25, 0.3) is 5.91 Å². The molecule has 2 amide bonds. The van der Waals surface area contributed by atoms with Gasteiger partial charge in [0.15, 0.2) is 6.61 Å². The number of aryl methyl sites for hydroxylation is 1. The third-order valence-corrected chi connectivity index (χ3v) is 5.20. The minimum Gasteiger partial charge on any atom is -0.461 e. The Balaban J connectivity index is 1.25. The second-order valence-corrected chi connectivity index (χ2v) is 7.51. The monoisotopic (exact) mass is 432 g/mol. The minimum absolute atomic E-state index is 0.0338. The molecule has 3 aromatic rings. The van der Waals surface area contributed by atoms with Crippen LogP contribution in [0.15, 0.2) is 71.1 Å². The molecule has 2 heterocycles. The number of anilines is 2. The number of rotatable bonds is 8. The maximum absolute atomic E-state index is 12.3. The van der Waals surface area contributed by atoms with Crippen molar-refractivity contribution in [1.82, 2.24) is 0 Å². The van der Waals surface area contributed by atoms with Crippen LogP contribution in [0, 0.1) is 0 Å². The molecular weight excluding hydrogens is 408 g/mol. The van der Waals surface area contributed by atoms with Gasteiger partial charge in [0.1, 0.15) is 11.5 Å². The van der Waals surface area contributed by atoms with Crippen molar-refractivity contribution in [2.75, 3.05) is 23.4 Å². The van der Waals surface area contributed by atoms with Gasteiger partial charge in [-0.25, -0.2) is 0 Å². The van der Waals surface area contributed by atoms with E-state index >= 15 is 0 Å². The number of ether oxygens (including phenoxy) is 1. The molecule has 4 rings (SSSR count). The summed E-state index contributed by atoms with van der Waals surface area (Å²) in [5.41, 5.74) is 2.14. The predicted octanol–water partition coefficient (Wildman–Crippen LogP) is 4.19. The summed E-state index contributed by atoms with van der Waals surface area (Å²) in [5, 5.41) is 2.73. The molecule has 1 N–H and O–H groups in total. The number of carbonyl (C=O) groups excluding carboxylic acids is 3. The summed E-state index contributed by atoms with van der Waals surface area (Å²) in [6.07, 6.45) is 1.78. The van der Waals surface area contributed by atoms with Crippen molar-refractivity contribution in [1.29, 1.82) is 0 Å². The van der Waals surface area contributed by atoms with E-state index in [2.05, 4.69) is 5.32 Å². The van der Waals surface area contributed by atoms with Crippen molar-refractivity contribution in [3.8, 4) is 11.3 Å². The molecule has 0 atom stereocenters. The number of hydrogen-bond donors (Lipinski definition) is 1. The lowest BCUT2D eigenvalue weighted by atomic mass is 10.2. The van der Waals surface area contributed by atoms with Gasteiger partial charge in [-0.1, -0.05) is 42.5 Å². The van der Waals surface area contributed by atoms with Crippen LogP contribution in [0.5, 0.6) is 0 Å². The molecule has 0 bridgehead atoms. The van der Waals surface area contributed by atoms with E-state index in [4.69, 9.17) is 9.15 Å². The molecule has 1 aromatic heterocycles. The van der Waals surface area contributed by atoms with Crippen LogP contribution < -0.4 is 10.2 Å². The molecule has 1 fully saturated rings. The zero-order valence-electron chi connectivity index (χ0n) is 17.6. The first kappa shape index (κ1) is 21.4. The summed E-state index contributed by atoms with van der Waals surface area (Å²) in [4.78, 5) is 38.1. The maximum Gasteiger partial charge on any atom is 0.306 e. The highest BCUT2D eigenvalue weighted by molar-refractivity contribution is 6.02. The van der Waals surface area contributed by atoms with Crippen LogP contribution >= 0.6 is 0 Å². The average molecular weight is 432 g/mol. The summed E-state index contributed by atoms with van der Waals surface area (Å²) < 4.78 is 10.9. The fourth-order valence-electron chi connectivity index (χ4n) is 3.62. The lowest BCUT2D eigenvalue weighted by Crippen LogP contribution is -2.27. The molecule has 164 valence electrons. The first-order valence-electron chi connectivity index (χ1n) is 10.6. The first-order valence-corrected chi connectivity index (χ1v) is 10.6. The van der Waals surface area contributed by atoms with E-state index in [1.165, 1.54) is 0 Å². The molecule has 0 saturated carbocycles. The Hall–Kier alpha value is -3.87. The minimum atomic E-state index is -0.485. The number of furan rings is 1. The van der Waals surface area contributed by atoms with Crippen LogP contribution in [-0.4, -0.2) is 30.9 Å². The van der Waals surface area contributed by atoms with Gasteiger partial charge in [-0.3, -0.25) is 14.4 Å². The Labute approximate surface area is 186 Å². The van der Waals surface area contributed by atoms with E-state index in [0.717, 1.165) is 17.7 Å². The summed E-state index contributed by atoms with van der Waals surface area (Å²) in [6.45, 7) is 0.230. The second-order valence-electron chi connectivity index (χ2n) is 7.51. The second kappa shape index (κ2) is 9.96. The van der Waals surface area contributed by atoms with E-state index in [1.54, 1.807) is 23.1 Å². The number of benzene rings is 2. The Morgan fingerprint density at radius 1 is 1.00 bits per heavy atom. The van der Waals surface area contributed by atoms with Crippen molar-refractivity contribution in [2.45, 2.75) is 25.7 Å². The molecule has 7 heteroatoms. The highest BCUT2D eigenvalue weighted by atomic mass is 16.5. The van der Waals surface area contributed by atoms with Gasteiger partial charge in [-0.15, -0.1) is 0 Å². The zero-order chi connectivity index (χ0) is 22.3. The predicted molar refractivity (Wildman–Crippen MR) is 120 cm³/mol. The molecule has 7 nitrogen and oxygen atoms in total. The van der Waals surface area contributed by atoms with Crippen molar-refractivity contribution in [3.05, 3.63) is 72.5 Å². The largest absolute Gasteiger partial charge is 0.461 e. The number of hydrogen-bond acceptors (Lipinski definition) is 5. The topological polar surface area (TPSA) is 88.8 Å². The summed E-state index contributed by atoms with van der Waals surface area (Å²) >= 11 is 0. The molecule has 1 aliphatic rings. The van der Waals surface area contributed by atoms with E-state index in [9.17, 15) is 14.4 Å². The SMILES string of the molecule is O=C(COC(=O)CCc1ccc(-c2ccccc2)o1)Nc1ccccc1N1CCCC1=O. The molecule has 1 saturated heterocycles. The van der Waals surface area contributed by atoms with Gasteiger partial charge in [0.2, 0.25) is 5.91 Å². The molecule has 0 radical (unpaired) electrons. The number of nitrogens with one attached hydrogen (secondary N) is 1. The maximum atomic E-state index is 12.3. The first-order chi connectivity index (χ1) is 15.6. The van der Waals surface area contributed by atoms with Crippen molar-refractivity contribution < 1.29 is 23.5 Å². The Bertz CT molecular complexity index is 1110. The molecule has 32 heavy (non-hydrogen) atoms. The molecule has 0 spiro atoms. The lowest BCUT2D eigenvalue weighted by Gasteiger charge is -2.19. The van der Waals surface area contributed by atoms with Crippen LogP contribution in [-0.2, 0) is 25.5 Å². The van der Waals surface area contributed by atoms with Crippen molar-refractivity contribution in [3.63, 3.8) is 0 Å². The van der Waals surface area contributed by atoms with Crippen molar-refractivity contribution >= 4 is 29.2 Å². The Morgan fingerprint density at radius 3 is 2.56 bits per heavy atom. The average Bonchev–Trinajstić information content (AvgIpc) is 3.46. The van der Waals surface area contributed by atoms with E-state index in [0.29, 0.717) is 36.5 Å². The van der Waals surface area contributed by atoms with Crippen LogP contribution in [0.2, 0.25) is 0 Å². The van der Waals surface area contributed by atoms with Gasteiger partial charge >= 0.3 is 5.97 Å². The van der Waals surface area contributed by atoms with E-state index in [-0.39, 0.29) is 12.3 Å². The normalized spacial score (nSPS) is 13.2. The molecule has 2 aromatic carbocycles. The van der Waals surface area contributed by atoms with Gasteiger partial charge in [0.05, 0.1) is 17.8 Å². The third kappa shape index (κ3) is 5.24. The molecule has 1 aliphatic heterocycles. The number of esters is 1. The van der Waals surface area contributed by atoms with Gasteiger partial charge in [-0.05, 0) is 30.7 Å². The number of carbonyl (C=O) groups is 3. The van der Waals surface area contributed by atoms with Crippen LogP contribution in [0.4, 0.5) is 11.4 Å². The lowest BCUT2D eigenvalue weighted by molar-refractivity contribution is -0.147. The summed E-state index contributed by atoms with van der Waals surface area (Å²) in [7, 11) is 0. The smallest absolute Gasteiger partial charge is 0.306 e.